The molecule has 3 N–H and O–H groups in total. The number of hydrogen-bond acceptors (Lipinski definition) is 12. The molecule has 1 amide bonds. The first-order valence-electron chi connectivity index (χ1n) is 26.2. The van der Waals surface area contributed by atoms with Crippen LogP contribution in [-0.4, -0.2) is 126 Å². The van der Waals surface area contributed by atoms with Gasteiger partial charge < -0.3 is 44.1 Å². The van der Waals surface area contributed by atoms with Crippen LogP contribution in [0.15, 0.2) is 77.9 Å². The van der Waals surface area contributed by atoms with Gasteiger partial charge in [-0.15, -0.1) is 0 Å². The average Bonchev–Trinajstić information content (AvgIpc) is 3.35. The largest absolute Gasteiger partial charge is 0.461 e. The van der Waals surface area contributed by atoms with Crippen molar-refractivity contribution in [2.45, 2.75) is 186 Å². The number of amides is 1. The number of ketones is 2. The maximum absolute atomic E-state index is 14.5. The maximum Gasteiger partial charge on any atom is 0.329 e. The number of benzene rings is 1. The summed E-state index contributed by atoms with van der Waals surface area (Å²) in [6.45, 7) is 13.8. The number of carbonyl (C=O) groups excluding carboxylic acids is 4. The summed E-state index contributed by atoms with van der Waals surface area (Å²) in [6.07, 6.45) is 15.3. The number of methoxy groups -OCH3 is 2. The topological polar surface area (TPSA) is 172 Å². The fourth-order valence-electron chi connectivity index (χ4n) is 11.3. The summed E-state index contributed by atoms with van der Waals surface area (Å²) in [5, 5.41) is 34.3. The first-order chi connectivity index (χ1) is 33.3. The molecule has 3 fully saturated rings. The van der Waals surface area contributed by atoms with Crippen LogP contribution < -0.4 is 4.90 Å². The van der Waals surface area contributed by atoms with Crippen LogP contribution in [-0.2, 0) is 38.1 Å². The van der Waals surface area contributed by atoms with Crippen molar-refractivity contribution in [2.24, 2.45) is 35.5 Å². The van der Waals surface area contributed by atoms with Crippen LogP contribution >= 0.6 is 0 Å². The molecule has 0 spiro atoms. The zero-order valence-corrected chi connectivity index (χ0v) is 43.8. The van der Waals surface area contributed by atoms with Crippen molar-refractivity contribution >= 4 is 29.1 Å². The molecule has 13 nitrogen and oxygen atoms in total. The lowest BCUT2D eigenvalue weighted by Crippen LogP contribution is -2.61. The summed E-state index contributed by atoms with van der Waals surface area (Å²) in [7, 11) is 5.07. The fourth-order valence-corrected chi connectivity index (χ4v) is 11.3. The Kier molecular flexibility index (Phi) is 21.7. The molecule has 1 aromatic carbocycles. The van der Waals surface area contributed by atoms with Gasteiger partial charge in [-0.2, -0.15) is 0 Å². The van der Waals surface area contributed by atoms with Crippen molar-refractivity contribution in [1.82, 2.24) is 4.90 Å². The average molecular weight is 975 g/mol. The number of piperidine rings is 1. The third kappa shape index (κ3) is 14.8. The molecule has 0 aromatic heterocycles. The second-order valence-electron chi connectivity index (χ2n) is 21.4. The lowest BCUT2D eigenvalue weighted by atomic mass is 9.78. The molecular formula is C57H86N2O11. The van der Waals surface area contributed by atoms with Gasteiger partial charge in [0.2, 0.25) is 5.79 Å². The molecule has 3 heterocycles. The van der Waals surface area contributed by atoms with Gasteiger partial charge in [0.15, 0.2) is 5.78 Å². The molecule has 1 saturated carbocycles. The molecule has 15 atom stereocenters. The molecule has 1 aromatic rings. The number of Topliss-reactive ketones (excluding diaryl/α,β-unsaturated/α-hetero) is 2. The minimum Gasteiger partial charge on any atom is -0.461 e. The molecule has 1 aliphatic carbocycles. The van der Waals surface area contributed by atoms with Gasteiger partial charge in [-0.1, -0.05) is 94.8 Å². The van der Waals surface area contributed by atoms with Crippen LogP contribution in [0.2, 0.25) is 0 Å². The van der Waals surface area contributed by atoms with E-state index >= 15 is 0 Å². The van der Waals surface area contributed by atoms with Crippen LogP contribution in [0.1, 0.15) is 132 Å². The highest BCUT2D eigenvalue weighted by Crippen LogP contribution is 2.38. The second-order valence-corrected chi connectivity index (χ2v) is 21.4. The number of carbonyl (C=O) groups is 4. The van der Waals surface area contributed by atoms with E-state index in [9.17, 15) is 34.5 Å². The van der Waals surface area contributed by atoms with Crippen molar-refractivity contribution in [3.63, 3.8) is 0 Å². The number of nitrogens with zero attached hydrogens (tertiary/aromatic N) is 2. The highest BCUT2D eigenvalue weighted by molar-refractivity contribution is 6.39. The molecule has 7 unspecified atom stereocenters. The Labute approximate surface area is 418 Å². The minimum absolute atomic E-state index is 0.0588. The zero-order valence-electron chi connectivity index (χ0n) is 43.8. The van der Waals surface area contributed by atoms with E-state index in [-0.39, 0.29) is 54.1 Å². The standard InChI is InChI=1S/C57H86N2O11/c1-36-19-13-11-14-20-38(3)47(58(8)44-21-15-12-16-22-44)35-45-27-25-42(7)57(66,70-45)54(63)55(64)59-30-18-17-23-46(59)56(65)69-49(39(4)33-43-26-28-48(60)50(34-43)67-9)29-24-37(2)32-41(6)52(62)53(68-10)51(61)40(5)31-36/h11-16,19-22,32,36-37,39-40,42-43,45-50,52-53,60,62,66H,17-18,23-31,33-35H2,1-10H3/b14-11+,19-13+,38-20+,41-32+/t36-,37+,39-,40?,42?,43?,45+,46?,47-,48-,49+,50?,52?,53+,57?/m1/s1. The Bertz CT molecular complexity index is 2000. The molecule has 13 heteroatoms. The number of cyclic esters (lactones) is 1. The molecule has 70 heavy (non-hydrogen) atoms. The molecule has 3 aliphatic heterocycles. The predicted molar refractivity (Wildman–Crippen MR) is 273 cm³/mol. The zero-order chi connectivity index (χ0) is 51.3. The Morgan fingerprint density at radius 1 is 0.829 bits per heavy atom. The van der Waals surface area contributed by atoms with Gasteiger partial charge >= 0.3 is 5.97 Å². The van der Waals surface area contributed by atoms with Gasteiger partial charge in [-0.05, 0) is 139 Å². The van der Waals surface area contributed by atoms with Gasteiger partial charge in [0.1, 0.15) is 24.4 Å². The van der Waals surface area contributed by atoms with Crippen LogP contribution in [0.4, 0.5) is 5.69 Å². The Hall–Kier alpha value is -3.98. The molecule has 2 saturated heterocycles. The second kappa shape index (κ2) is 26.6. The smallest absolute Gasteiger partial charge is 0.329 e. The number of anilines is 1. The number of aliphatic hydroxyl groups excluding tert-OH is 2. The lowest BCUT2D eigenvalue weighted by Gasteiger charge is -2.43. The van der Waals surface area contributed by atoms with E-state index in [1.807, 2.05) is 88.5 Å². The molecule has 390 valence electrons. The van der Waals surface area contributed by atoms with E-state index in [4.69, 9.17) is 18.9 Å². The summed E-state index contributed by atoms with van der Waals surface area (Å²) < 4.78 is 24.2. The van der Waals surface area contributed by atoms with Crippen LogP contribution in [0, 0.1) is 35.5 Å². The number of allylic oxidation sites excluding steroid dienone is 6. The third-order valence-corrected chi connectivity index (χ3v) is 15.9. The van der Waals surface area contributed by atoms with E-state index in [1.54, 1.807) is 21.0 Å². The highest BCUT2D eigenvalue weighted by atomic mass is 16.6. The Morgan fingerprint density at radius 2 is 1.56 bits per heavy atom. The first-order valence-corrected chi connectivity index (χ1v) is 26.2. The maximum atomic E-state index is 14.5. The number of ether oxygens (including phenoxy) is 4. The minimum atomic E-state index is -2.40. The number of aliphatic hydroxyl groups is 3. The number of hydrogen-bond donors (Lipinski definition) is 3. The highest BCUT2D eigenvalue weighted by Gasteiger charge is 2.53. The summed E-state index contributed by atoms with van der Waals surface area (Å²) >= 11 is 0. The summed E-state index contributed by atoms with van der Waals surface area (Å²) in [5.41, 5.74) is 2.61. The number of para-hydroxylation sites is 1. The van der Waals surface area contributed by atoms with Crippen molar-refractivity contribution < 1.29 is 53.4 Å². The fraction of sp³-hybridized carbons (Fsp3) is 0.684. The first kappa shape index (κ1) is 56.9. The van der Waals surface area contributed by atoms with Crippen molar-refractivity contribution in [3.8, 4) is 0 Å². The monoisotopic (exact) mass is 975 g/mol. The Balaban J connectivity index is 1.49. The lowest BCUT2D eigenvalue weighted by molar-refractivity contribution is -0.263. The molecule has 4 aliphatic rings. The number of likely N-dealkylation sites (N-methyl/N-ethyl adjacent to an activating group) is 1. The molecule has 0 radical (unpaired) electrons. The number of esters is 1. The normalized spacial score (nSPS) is 38.2. The van der Waals surface area contributed by atoms with E-state index < -0.39 is 65.9 Å². The SMILES string of the molecule is COC1CC(C[C@@H](C)[C@@H]2CC[C@H](C)/C=C(\C)C(O)[C@@H](OC)C(=O)C(C)C[C@H](C)/C=C/C=C/C=C(\C)[C@H](N(C)c3ccccc3)C[C@@H]3CCC(C)C(O)(O3)C(=O)C(=O)N3CCCCC3C(=O)O2)CC[C@H]1O. The van der Waals surface area contributed by atoms with Gasteiger partial charge in [0, 0.05) is 45.3 Å². The van der Waals surface area contributed by atoms with E-state index in [0.29, 0.717) is 76.2 Å². The van der Waals surface area contributed by atoms with E-state index in [0.717, 1.165) is 24.1 Å². The summed E-state index contributed by atoms with van der Waals surface area (Å²) in [5.74, 6) is -6.12. The van der Waals surface area contributed by atoms with Gasteiger partial charge in [0.25, 0.3) is 11.7 Å². The number of fused-ring (bicyclic) bond motifs is 3. The van der Waals surface area contributed by atoms with Crippen LogP contribution in [0.5, 0.6) is 0 Å². The van der Waals surface area contributed by atoms with Crippen molar-refractivity contribution in [3.05, 3.63) is 77.9 Å². The summed E-state index contributed by atoms with van der Waals surface area (Å²) in [4.78, 5) is 60.8. The van der Waals surface area contributed by atoms with Crippen LogP contribution in [0.25, 0.3) is 0 Å². The van der Waals surface area contributed by atoms with Crippen molar-refractivity contribution in [2.75, 3.05) is 32.7 Å². The third-order valence-electron chi connectivity index (χ3n) is 15.9. The van der Waals surface area contributed by atoms with Gasteiger partial charge in [0.05, 0.1) is 24.4 Å². The van der Waals surface area contributed by atoms with Crippen molar-refractivity contribution in [1.29, 1.82) is 0 Å². The van der Waals surface area contributed by atoms with Gasteiger partial charge in [-0.25, -0.2) is 4.79 Å². The summed E-state index contributed by atoms with van der Waals surface area (Å²) in [6, 6.07) is 8.73. The molecule has 5 rings (SSSR count). The number of rotatable bonds is 7. The van der Waals surface area contributed by atoms with E-state index in [2.05, 4.69) is 24.8 Å². The Morgan fingerprint density at radius 3 is 2.26 bits per heavy atom. The van der Waals surface area contributed by atoms with Gasteiger partial charge in [-0.3, -0.25) is 14.4 Å². The molecule has 2 bridgehead atoms. The quantitative estimate of drug-likeness (QED) is 0.135. The van der Waals surface area contributed by atoms with E-state index in [1.165, 1.54) is 12.0 Å². The molecular weight excluding hydrogens is 889 g/mol. The van der Waals surface area contributed by atoms with Crippen LogP contribution in [0.3, 0.4) is 0 Å². The predicted octanol–water partition coefficient (Wildman–Crippen LogP) is 8.49.